The first-order chi connectivity index (χ1) is 8.13. The predicted octanol–water partition coefficient (Wildman–Crippen LogP) is 1.30. The van der Waals surface area contributed by atoms with E-state index < -0.39 is 12.0 Å². The van der Waals surface area contributed by atoms with Crippen molar-refractivity contribution < 1.29 is 14.3 Å². The number of hydrogen-bond donors (Lipinski definition) is 1. The van der Waals surface area contributed by atoms with Crippen molar-refractivity contribution in [2.45, 2.75) is 25.8 Å². The Labute approximate surface area is 101 Å². The van der Waals surface area contributed by atoms with Gasteiger partial charge in [-0.05, 0) is 18.9 Å². The fourth-order valence-corrected chi connectivity index (χ4v) is 1.45. The van der Waals surface area contributed by atoms with E-state index in [9.17, 15) is 9.59 Å². The molecule has 1 aromatic rings. The zero-order valence-corrected chi connectivity index (χ0v) is 10.1. The number of esters is 1. The lowest BCUT2D eigenvalue weighted by atomic mass is 10.1. The van der Waals surface area contributed by atoms with Crippen LogP contribution in [0.25, 0.3) is 0 Å². The van der Waals surface area contributed by atoms with Gasteiger partial charge in [0.05, 0.1) is 7.11 Å². The molecule has 17 heavy (non-hydrogen) atoms. The number of rotatable bonds is 5. The van der Waals surface area contributed by atoms with E-state index in [2.05, 4.69) is 10.1 Å². The number of carbonyl (C=O) groups is 2. The van der Waals surface area contributed by atoms with Crippen LogP contribution in [0.5, 0.6) is 0 Å². The van der Waals surface area contributed by atoms with Crippen molar-refractivity contribution in [3.63, 3.8) is 0 Å². The number of ether oxygens (including phenoxy) is 1. The molecule has 0 heterocycles. The summed E-state index contributed by atoms with van der Waals surface area (Å²) in [6.45, 7) is 1.60. The zero-order valence-electron chi connectivity index (χ0n) is 10.1. The van der Waals surface area contributed by atoms with Gasteiger partial charge in [-0.2, -0.15) is 0 Å². The van der Waals surface area contributed by atoms with Crippen LogP contribution in [0.3, 0.4) is 0 Å². The molecule has 1 N–H and O–H groups in total. The number of nitrogens with one attached hydrogen (secondary N) is 1. The van der Waals surface area contributed by atoms with Gasteiger partial charge in [0, 0.05) is 6.42 Å². The third-order valence-electron chi connectivity index (χ3n) is 2.42. The second kappa shape index (κ2) is 6.68. The molecule has 4 heteroatoms. The lowest BCUT2D eigenvalue weighted by Gasteiger charge is -2.11. The van der Waals surface area contributed by atoms with Crippen molar-refractivity contribution in [2.24, 2.45) is 0 Å². The van der Waals surface area contributed by atoms with Crippen LogP contribution in [0, 0.1) is 0 Å². The lowest BCUT2D eigenvalue weighted by Crippen LogP contribution is -2.39. The Morgan fingerprint density at radius 1 is 1.29 bits per heavy atom. The van der Waals surface area contributed by atoms with Gasteiger partial charge < -0.3 is 10.1 Å². The van der Waals surface area contributed by atoms with E-state index in [1.807, 2.05) is 30.3 Å². The highest BCUT2D eigenvalue weighted by atomic mass is 16.5. The molecule has 1 aromatic carbocycles. The molecule has 0 fully saturated rings. The Hall–Kier alpha value is -1.84. The van der Waals surface area contributed by atoms with E-state index in [0.717, 1.165) is 5.56 Å². The maximum atomic E-state index is 11.5. The molecule has 0 spiro atoms. The number of hydrogen-bond acceptors (Lipinski definition) is 3. The van der Waals surface area contributed by atoms with Crippen molar-refractivity contribution in [2.75, 3.05) is 7.11 Å². The van der Waals surface area contributed by atoms with Crippen LogP contribution in [0.15, 0.2) is 30.3 Å². The molecule has 0 aliphatic carbocycles. The molecule has 0 saturated heterocycles. The molecule has 1 amide bonds. The van der Waals surface area contributed by atoms with E-state index in [-0.39, 0.29) is 5.91 Å². The minimum atomic E-state index is -0.594. The minimum Gasteiger partial charge on any atom is -0.467 e. The summed E-state index contributed by atoms with van der Waals surface area (Å²) in [5.41, 5.74) is 1.10. The smallest absolute Gasteiger partial charge is 0.328 e. The van der Waals surface area contributed by atoms with Crippen molar-refractivity contribution in [1.29, 1.82) is 0 Å². The summed E-state index contributed by atoms with van der Waals surface area (Å²) >= 11 is 0. The Kier molecular flexibility index (Phi) is 5.20. The highest BCUT2D eigenvalue weighted by Gasteiger charge is 2.15. The first-order valence-electron chi connectivity index (χ1n) is 5.54. The van der Waals surface area contributed by atoms with Crippen LogP contribution in [-0.4, -0.2) is 25.0 Å². The van der Waals surface area contributed by atoms with Crippen molar-refractivity contribution >= 4 is 11.9 Å². The van der Waals surface area contributed by atoms with Crippen LogP contribution in [-0.2, 0) is 20.7 Å². The van der Waals surface area contributed by atoms with Gasteiger partial charge in [-0.15, -0.1) is 0 Å². The second-order valence-corrected chi connectivity index (χ2v) is 3.80. The normalized spacial score (nSPS) is 11.6. The molecule has 0 aromatic heterocycles. The summed E-state index contributed by atoms with van der Waals surface area (Å²) in [7, 11) is 1.30. The molecule has 0 unspecified atom stereocenters. The minimum absolute atomic E-state index is 0.147. The fourth-order valence-electron chi connectivity index (χ4n) is 1.45. The van der Waals surface area contributed by atoms with Crippen LogP contribution >= 0.6 is 0 Å². The summed E-state index contributed by atoms with van der Waals surface area (Å²) in [5.74, 6) is -0.579. The molecular weight excluding hydrogens is 218 g/mol. The maximum Gasteiger partial charge on any atom is 0.328 e. The molecule has 1 atom stereocenters. The Morgan fingerprint density at radius 2 is 1.94 bits per heavy atom. The summed E-state index contributed by atoms with van der Waals surface area (Å²) in [6, 6.07) is 9.15. The van der Waals surface area contributed by atoms with Crippen LogP contribution in [0.1, 0.15) is 18.9 Å². The highest BCUT2D eigenvalue weighted by molar-refractivity contribution is 5.84. The van der Waals surface area contributed by atoms with Gasteiger partial charge in [-0.3, -0.25) is 4.79 Å². The van der Waals surface area contributed by atoms with E-state index >= 15 is 0 Å². The quantitative estimate of drug-likeness (QED) is 0.782. The molecule has 92 valence electrons. The second-order valence-electron chi connectivity index (χ2n) is 3.80. The average Bonchev–Trinajstić information content (AvgIpc) is 2.36. The van der Waals surface area contributed by atoms with Gasteiger partial charge in [0.25, 0.3) is 0 Å². The van der Waals surface area contributed by atoms with Gasteiger partial charge in [-0.25, -0.2) is 4.79 Å². The number of aryl methyl sites for hydroxylation is 1. The Balaban J connectivity index is 2.33. The third kappa shape index (κ3) is 4.68. The summed E-state index contributed by atoms with van der Waals surface area (Å²) in [6.07, 6.45) is 1.03. The zero-order chi connectivity index (χ0) is 12.7. The van der Waals surface area contributed by atoms with Crippen LogP contribution < -0.4 is 5.32 Å². The van der Waals surface area contributed by atoms with Crippen LogP contribution in [0.2, 0.25) is 0 Å². The van der Waals surface area contributed by atoms with Gasteiger partial charge in [0.15, 0.2) is 0 Å². The summed E-state index contributed by atoms with van der Waals surface area (Å²) < 4.78 is 4.52. The van der Waals surface area contributed by atoms with Gasteiger partial charge in [0.1, 0.15) is 6.04 Å². The van der Waals surface area contributed by atoms with E-state index in [0.29, 0.717) is 12.8 Å². The van der Waals surface area contributed by atoms with Gasteiger partial charge in [-0.1, -0.05) is 30.3 Å². The average molecular weight is 235 g/mol. The van der Waals surface area contributed by atoms with E-state index in [1.165, 1.54) is 7.11 Å². The van der Waals surface area contributed by atoms with Crippen molar-refractivity contribution in [3.8, 4) is 0 Å². The van der Waals surface area contributed by atoms with E-state index in [1.54, 1.807) is 6.92 Å². The largest absolute Gasteiger partial charge is 0.467 e. The topological polar surface area (TPSA) is 55.4 Å². The molecule has 0 saturated carbocycles. The van der Waals surface area contributed by atoms with E-state index in [4.69, 9.17) is 0 Å². The number of amides is 1. The third-order valence-corrected chi connectivity index (χ3v) is 2.42. The number of methoxy groups -OCH3 is 1. The molecule has 4 nitrogen and oxygen atoms in total. The summed E-state index contributed by atoms with van der Waals surface area (Å²) in [5, 5.41) is 2.59. The van der Waals surface area contributed by atoms with Gasteiger partial charge >= 0.3 is 5.97 Å². The predicted molar refractivity (Wildman–Crippen MR) is 64.4 cm³/mol. The standard InChI is InChI=1S/C13H17NO3/c1-10(13(16)17-2)14-12(15)9-8-11-6-4-3-5-7-11/h3-7,10H,8-9H2,1-2H3,(H,14,15)/t10-/m1/s1. The maximum absolute atomic E-state index is 11.5. The van der Waals surface area contributed by atoms with Crippen molar-refractivity contribution in [3.05, 3.63) is 35.9 Å². The molecular formula is C13H17NO3. The summed E-state index contributed by atoms with van der Waals surface area (Å²) in [4.78, 5) is 22.6. The first kappa shape index (κ1) is 13.2. The Bertz CT molecular complexity index is 376. The van der Waals surface area contributed by atoms with Gasteiger partial charge in [0.2, 0.25) is 5.91 Å². The highest BCUT2D eigenvalue weighted by Crippen LogP contribution is 2.02. The lowest BCUT2D eigenvalue weighted by molar-refractivity contribution is -0.144. The first-order valence-corrected chi connectivity index (χ1v) is 5.54. The monoisotopic (exact) mass is 235 g/mol. The molecule has 0 radical (unpaired) electrons. The molecule has 1 rings (SSSR count). The number of benzene rings is 1. The van der Waals surface area contributed by atoms with Crippen molar-refractivity contribution in [1.82, 2.24) is 5.32 Å². The SMILES string of the molecule is COC(=O)[C@@H](C)NC(=O)CCc1ccccc1. The molecule has 0 aliphatic rings. The van der Waals surface area contributed by atoms with Crippen LogP contribution in [0.4, 0.5) is 0 Å². The Morgan fingerprint density at radius 3 is 2.53 bits per heavy atom. The molecule has 0 aliphatic heterocycles. The fraction of sp³-hybridized carbons (Fsp3) is 0.385. The molecule has 0 bridgehead atoms. The number of carbonyl (C=O) groups excluding carboxylic acids is 2.